The lowest BCUT2D eigenvalue weighted by Gasteiger charge is -2.11. The molecular weight excluding hydrogens is 640 g/mol. The fourth-order valence-electron chi connectivity index (χ4n) is 4.53. The van der Waals surface area contributed by atoms with E-state index in [2.05, 4.69) is 41.2 Å². The van der Waals surface area contributed by atoms with Crippen molar-refractivity contribution in [2.24, 2.45) is 65.0 Å². The van der Waals surface area contributed by atoms with Gasteiger partial charge in [-0.2, -0.15) is 15.3 Å². The van der Waals surface area contributed by atoms with E-state index in [0.29, 0.717) is 76.4 Å². The van der Waals surface area contributed by atoms with Crippen LogP contribution in [0.3, 0.4) is 0 Å². The van der Waals surface area contributed by atoms with Gasteiger partial charge < -0.3 is 45.0 Å². The summed E-state index contributed by atoms with van der Waals surface area (Å²) in [6.07, 6.45) is 5.64. The molecule has 0 atom stereocenters. The summed E-state index contributed by atoms with van der Waals surface area (Å²) in [6, 6.07) is 10.3. The van der Waals surface area contributed by atoms with Crippen molar-refractivity contribution in [1.29, 1.82) is 0 Å². The summed E-state index contributed by atoms with van der Waals surface area (Å²) < 4.78 is 0. The molecule has 14 N–H and O–H groups in total. The van der Waals surface area contributed by atoms with E-state index in [0.717, 1.165) is 25.7 Å². The number of unbranched alkanes of at least 4 members (excludes halogenated alkanes) is 5. The van der Waals surface area contributed by atoms with E-state index in [1.807, 2.05) is 0 Å². The number of amides is 2. The zero-order valence-corrected chi connectivity index (χ0v) is 29.0. The first-order valence-corrected chi connectivity index (χ1v) is 16.0. The van der Waals surface area contributed by atoms with Crippen LogP contribution >= 0.6 is 0 Å². The van der Waals surface area contributed by atoms with Gasteiger partial charge in [0.05, 0.1) is 17.1 Å². The second kappa shape index (κ2) is 20.3. The molecule has 2 aromatic rings. The van der Waals surface area contributed by atoms with Gasteiger partial charge in [-0.1, -0.05) is 25.7 Å². The van der Waals surface area contributed by atoms with E-state index in [9.17, 15) is 14.4 Å². The quantitative estimate of drug-likeness (QED) is 0.0374. The van der Waals surface area contributed by atoms with E-state index in [1.165, 1.54) is 6.92 Å². The predicted octanol–water partition coefficient (Wildman–Crippen LogP) is 2.58. The lowest BCUT2D eigenvalue weighted by Crippen LogP contribution is -2.22. The Labute approximate surface area is 291 Å². The summed E-state index contributed by atoms with van der Waals surface area (Å²) in [7, 11) is 0. The van der Waals surface area contributed by atoms with Crippen LogP contribution in [0.25, 0.3) is 0 Å². The molecule has 17 nitrogen and oxygen atoms in total. The van der Waals surface area contributed by atoms with Gasteiger partial charge >= 0.3 is 0 Å². The second-order valence-electron chi connectivity index (χ2n) is 11.5. The summed E-state index contributed by atoms with van der Waals surface area (Å²) in [6.45, 7) is 6.60. The highest BCUT2D eigenvalue weighted by Crippen LogP contribution is 2.20. The molecule has 2 rings (SSSR count). The molecule has 17 heteroatoms. The topological polar surface area (TPSA) is 306 Å². The number of ketones is 1. The highest BCUT2D eigenvalue weighted by molar-refractivity contribution is 6.07. The predicted molar refractivity (Wildman–Crippen MR) is 201 cm³/mol. The first-order chi connectivity index (χ1) is 23.6. The minimum atomic E-state index is -0.189. The Kier molecular flexibility index (Phi) is 16.2. The van der Waals surface area contributed by atoms with Gasteiger partial charge in [0.2, 0.25) is 29.7 Å². The SMILES string of the molecule is CC(=O)c1cc(NC(=O)CCCCCCCCC(=O)Nc2cc(/C(C)=N/N=C(N)N)cc(/C(C)=N/N=C(N)N)c2)cc(/C(C)=N/N=C(N)N)c1. The maximum Gasteiger partial charge on any atom is 0.224 e. The van der Waals surface area contributed by atoms with Gasteiger partial charge in [0.25, 0.3) is 0 Å². The van der Waals surface area contributed by atoms with Crippen LogP contribution < -0.4 is 45.0 Å². The smallest absolute Gasteiger partial charge is 0.224 e. The van der Waals surface area contributed by atoms with Gasteiger partial charge in [-0.05, 0) is 76.9 Å². The Hall–Kier alpha value is -6.13. The van der Waals surface area contributed by atoms with Gasteiger partial charge in [-0.3, -0.25) is 14.4 Å². The number of nitrogens with zero attached hydrogens (tertiary/aromatic N) is 6. The Morgan fingerprint density at radius 3 is 1.08 bits per heavy atom. The molecule has 2 aromatic carbocycles. The number of Topliss-reactive ketones (excluding diaryl/α,β-unsaturated/α-hetero) is 1. The zero-order chi connectivity index (χ0) is 37.2. The van der Waals surface area contributed by atoms with Crippen molar-refractivity contribution in [3.63, 3.8) is 0 Å². The van der Waals surface area contributed by atoms with Crippen LogP contribution in [0, 0.1) is 0 Å². The largest absolute Gasteiger partial charge is 0.369 e. The molecule has 0 saturated carbocycles. The lowest BCUT2D eigenvalue weighted by molar-refractivity contribution is -0.117. The molecule has 50 heavy (non-hydrogen) atoms. The van der Waals surface area contributed by atoms with Gasteiger partial charge in [0.15, 0.2) is 5.78 Å². The Bertz CT molecular complexity index is 1660. The van der Waals surface area contributed by atoms with Crippen LogP contribution in [0.4, 0.5) is 11.4 Å². The van der Waals surface area contributed by atoms with E-state index >= 15 is 0 Å². The molecule has 0 unspecified atom stereocenters. The molecule has 0 aliphatic rings. The molecule has 0 aliphatic carbocycles. The Morgan fingerprint density at radius 1 is 0.460 bits per heavy atom. The highest BCUT2D eigenvalue weighted by Gasteiger charge is 2.12. The van der Waals surface area contributed by atoms with E-state index < -0.39 is 0 Å². The van der Waals surface area contributed by atoms with Crippen LogP contribution in [-0.2, 0) is 9.59 Å². The van der Waals surface area contributed by atoms with Crippen molar-refractivity contribution in [2.75, 3.05) is 10.6 Å². The van der Waals surface area contributed by atoms with Crippen molar-refractivity contribution in [1.82, 2.24) is 0 Å². The Balaban J connectivity index is 1.85. The summed E-state index contributed by atoms with van der Waals surface area (Å²) in [5.74, 6) is -1.01. The normalized spacial score (nSPS) is 11.7. The fourth-order valence-corrected chi connectivity index (χ4v) is 4.53. The van der Waals surface area contributed by atoms with Crippen molar-refractivity contribution < 1.29 is 14.4 Å². The maximum atomic E-state index is 12.8. The number of hydrogen-bond acceptors (Lipinski definition) is 9. The summed E-state index contributed by atoms with van der Waals surface area (Å²) >= 11 is 0. The molecule has 0 aliphatic heterocycles. The minimum absolute atomic E-state index is 0.142. The third-order valence-electron chi connectivity index (χ3n) is 7.10. The average molecular weight is 689 g/mol. The summed E-state index contributed by atoms with van der Waals surface area (Å²) in [4.78, 5) is 37.4. The fraction of sp³-hybridized carbons (Fsp3) is 0.364. The van der Waals surface area contributed by atoms with E-state index in [4.69, 9.17) is 34.4 Å². The van der Waals surface area contributed by atoms with Gasteiger partial charge in [0.1, 0.15) is 0 Å². The highest BCUT2D eigenvalue weighted by atomic mass is 16.2. The number of hydrogen-bond donors (Lipinski definition) is 8. The van der Waals surface area contributed by atoms with E-state index in [1.54, 1.807) is 57.2 Å². The molecule has 2 amide bonds. The van der Waals surface area contributed by atoms with Gasteiger partial charge in [-0.15, -0.1) is 15.3 Å². The molecule has 0 radical (unpaired) electrons. The van der Waals surface area contributed by atoms with E-state index in [-0.39, 0.29) is 35.5 Å². The second-order valence-corrected chi connectivity index (χ2v) is 11.5. The standard InChI is InChI=1S/C33H48N14O3/c1-19(42-45-31(34)35)23-13-24(20(2)43-46-32(36)37)16-27(15-23)40-29(49)11-9-7-5-6-8-10-12-30(50)41-28-17-25(14-26(18-28)22(4)48)21(3)44-47-33(38)39/h13-18H,5-12H2,1-4H3,(H,40,49)(H,41,50)(H4,34,35,45)(H4,36,37,46)(H4,38,39,47)/b42-19+,43-20+,44-21+. The number of carbonyl (C=O) groups is 3. The molecule has 0 aromatic heterocycles. The third-order valence-corrected chi connectivity index (χ3v) is 7.10. The van der Waals surface area contributed by atoms with Crippen LogP contribution in [0.1, 0.15) is 106 Å². The van der Waals surface area contributed by atoms with Crippen molar-refractivity contribution >= 4 is 64.0 Å². The zero-order valence-electron chi connectivity index (χ0n) is 29.0. The minimum Gasteiger partial charge on any atom is -0.369 e. The van der Waals surface area contributed by atoms with Crippen LogP contribution in [0.5, 0.6) is 0 Å². The summed E-state index contributed by atoms with van der Waals surface area (Å²) in [5, 5.41) is 28.8. The first kappa shape index (κ1) is 40.0. The molecule has 0 heterocycles. The monoisotopic (exact) mass is 688 g/mol. The number of carbonyl (C=O) groups excluding carboxylic acids is 3. The number of benzene rings is 2. The lowest BCUT2D eigenvalue weighted by atomic mass is 10.0. The molecule has 268 valence electrons. The number of rotatable bonds is 18. The van der Waals surface area contributed by atoms with Crippen LogP contribution in [0.2, 0.25) is 0 Å². The molecule has 0 spiro atoms. The first-order valence-electron chi connectivity index (χ1n) is 16.0. The molecule has 0 bridgehead atoms. The Morgan fingerprint density at radius 2 is 0.760 bits per heavy atom. The van der Waals surface area contributed by atoms with Crippen molar-refractivity contribution in [2.45, 2.75) is 79.1 Å². The van der Waals surface area contributed by atoms with Crippen LogP contribution in [0.15, 0.2) is 67.0 Å². The molecular formula is C33H48N14O3. The molecule has 0 fully saturated rings. The third kappa shape index (κ3) is 15.2. The number of anilines is 2. The summed E-state index contributed by atoms with van der Waals surface area (Å²) in [5.41, 5.74) is 37.2. The van der Waals surface area contributed by atoms with Crippen LogP contribution in [-0.4, -0.2) is 52.6 Å². The number of guanidine groups is 3. The maximum absolute atomic E-state index is 12.8. The van der Waals surface area contributed by atoms with Gasteiger partial charge in [0, 0.05) is 46.5 Å². The average Bonchev–Trinajstić information content (AvgIpc) is 3.05. The number of nitrogens with two attached hydrogens (primary N) is 6. The van der Waals surface area contributed by atoms with Gasteiger partial charge in [-0.25, -0.2) is 0 Å². The molecule has 0 saturated heterocycles. The number of nitrogens with one attached hydrogen (secondary N) is 2. The van der Waals surface area contributed by atoms with Crippen molar-refractivity contribution in [3.8, 4) is 0 Å². The van der Waals surface area contributed by atoms with Crippen molar-refractivity contribution in [3.05, 3.63) is 58.7 Å².